The van der Waals surface area contributed by atoms with E-state index in [-0.39, 0.29) is 18.1 Å². The van der Waals surface area contributed by atoms with Crippen molar-refractivity contribution in [2.45, 2.75) is 31.5 Å². The van der Waals surface area contributed by atoms with Gasteiger partial charge < -0.3 is 19.6 Å². The third kappa shape index (κ3) is 2.66. The zero-order valence-electron chi connectivity index (χ0n) is 13.3. The largest absolute Gasteiger partial charge is 0.366 e. The monoisotopic (exact) mass is 324 g/mol. The lowest BCUT2D eigenvalue weighted by atomic mass is 10.1. The van der Waals surface area contributed by atoms with Crippen molar-refractivity contribution < 1.29 is 14.6 Å². The van der Waals surface area contributed by atoms with Gasteiger partial charge in [-0.25, -0.2) is 4.79 Å². The predicted molar refractivity (Wildman–Crippen MR) is 88.9 cm³/mol. The van der Waals surface area contributed by atoms with E-state index in [0.29, 0.717) is 19.7 Å². The first-order valence-corrected chi connectivity index (χ1v) is 8.19. The zero-order valence-corrected chi connectivity index (χ0v) is 13.3. The van der Waals surface area contributed by atoms with Gasteiger partial charge in [-0.05, 0) is 11.1 Å². The molecule has 0 spiro atoms. The second kappa shape index (κ2) is 6.26. The molecule has 3 unspecified atom stereocenters. The number of aliphatic hydroxyl groups is 1. The molecule has 0 saturated carbocycles. The molecule has 2 fully saturated rings. The molecule has 0 bridgehead atoms. The number of hydrogen-bond acceptors (Lipinski definition) is 3. The molecule has 5 heteroatoms. The SMILES string of the molecule is O=C1N(Cc2ccccc2)C2COC(O)C2N1Cc1ccccc1. The summed E-state index contributed by atoms with van der Waals surface area (Å²) in [6.45, 7) is 1.38. The average molecular weight is 324 g/mol. The van der Waals surface area contributed by atoms with Crippen LogP contribution in [0.4, 0.5) is 4.79 Å². The van der Waals surface area contributed by atoms with E-state index in [4.69, 9.17) is 4.74 Å². The van der Waals surface area contributed by atoms with E-state index >= 15 is 0 Å². The number of amides is 2. The molecule has 0 aliphatic carbocycles. The highest BCUT2D eigenvalue weighted by Crippen LogP contribution is 2.33. The van der Waals surface area contributed by atoms with Gasteiger partial charge in [-0.3, -0.25) is 0 Å². The first kappa shape index (κ1) is 15.2. The van der Waals surface area contributed by atoms with Gasteiger partial charge in [0.1, 0.15) is 6.04 Å². The van der Waals surface area contributed by atoms with Gasteiger partial charge in [-0.1, -0.05) is 60.7 Å². The maximum atomic E-state index is 13.0. The molecule has 4 rings (SSSR count). The summed E-state index contributed by atoms with van der Waals surface area (Å²) < 4.78 is 5.42. The molecule has 5 nitrogen and oxygen atoms in total. The fourth-order valence-corrected chi connectivity index (χ4v) is 3.57. The second-order valence-corrected chi connectivity index (χ2v) is 6.29. The van der Waals surface area contributed by atoms with E-state index in [1.54, 1.807) is 4.90 Å². The van der Waals surface area contributed by atoms with E-state index in [1.807, 2.05) is 65.6 Å². The smallest absolute Gasteiger partial charge is 0.321 e. The Kier molecular flexibility index (Phi) is 3.96. The summed E-state index contributed by atoms with van der Waals surface area (Å²) in [5.74, 6) is 0. The Balaban J connectivity index is 1.59. The molecule has 2 heterocycles. The van der Waals surface area contributed by atoms with E-state index in [0.717, 1.165) is 11.1 Å². The van der Waals surface area contributed by atoms with Gasteiger partial charge in [0.05, 0.1) is 12.6 Å². The van der Waals surface area contributed by atoms with Crippen molar-refractivity contribution in [3.63, 3.8) is 0 Å². The number of benzene rings is 2. The van der Waals surface area contributed by atoms with E-state index in [9.17, 15) is 9.90 Å². The van der Waals surface area contributed by atoms with Crippen molar-refractivity contribution in [2.24, 2.45) is 0 Å². The third-order valence-corrected chi connectivity index (χ3v) is 4.77. The molecular formula is C19H20N2O3. The number of carbonyl (C=O) groups excluding carboxylic acids is 1. The Labute approximate surface area is 141 Å². The highest BCUT2D eigenvalue weighted by Gasteiger charge is 2.53. The number of fused-ring (bicyclic) bond motifs is 1. The molecule has 0 radical (unpaired) electrons. The minimum Gasteiger partial charge on any atom is -0.366 e. The molecule has 2 aliphatic rings. The average Bonchev–Trinajstić information content (AvgIpc) is 3.11. The van der Waals surface area contributed by atoms with Gasteiger partial charge in [0.2, 0.25) is 0 Å². The van der Waals surface area contributed by atoms with Crippen molar-refractivity contribution in [2.75, 3.05) is 6.61 Å². The van der Waals surface area contributed by atoms with Crippen molar-refractivity contribution in [1.82, 2.24) is 9.80 Å². The Morgan fingerprint density at radius 1 is 0.917 bits per heavy atom. The quantitative estimate of drug-likeness (QED) is 0.938. The van der Waals surface area contributed by atoms with Gasteiger partial charge in [0, 0.05) is 13.1 Å². The number of urea groups is 1. The normalized spacial score (nSPS) is 26.0. The third-order valence-electron chi connectivity index (χ3n) is 4.77. The molecule has 2 saturated heterocycles. The molecule has 2 aromatic carbocycles. The zero-order chi connectivity index (χ0) is 16.5. The van der Waals surface area contributed by atoms with Crippen LogP contribution in [0.3, 0.4) is 0 Å². The van der Waals surface area contributed by atoms with E-state index in [1.165, 1.54) is 0 Å². The van der Waals surface area contributed by atoms with Crippen molar-refractivity contribution in [1.29, 1.82) is 0 Å². The lowest BCUT2D eigenvalue weighted by molar-refractivity contribution is -0.0874. The minimum absolute atomic E-state index is 0.0416. The van der Waals surface area contributed by atoms with Crippen LogP contribution in [0.25, 0.3) is 0 Å². The van der Waals surface area contributed by atoms with Crippen LogP contribution in [0, 0.1) is 0 Å². The maximum absolute atomic E-state index is 13.0. The summed E-state index contributed by atoms with van der Waals surface area (Å²) >= 11 is 0. The van der Waals surface area contributed by atoms with E-state index < -0.39 is 6.29 Å². The fourth-order valence-electron chi connectivity index (χ4n) is 3.57. The number of ether oxygens (including phenoxy) is 1. The number of aliphatic hydroxyl groups excluding tert-OH is 1. The number of carbonyl (C=O) groups is 1. The fraction of sp³-hybridized carbons (Fsp3) is 0.316. The van der Waals surface area contributed by atoms with Gasteiger partial charge in [-0.2, -0.15) is 0 Å². The Bertz CT molecular complexity index is 707. The highest BCUT2D eigenvalue weighted by molar-refractivity contribution is 5.78. The molecule has 3 atom stereocenters. The van der Waals surface area contributed by atoms with Crippen LogP contribution < -0.4 is 0 Å². The van der Waals surface area contributed by atoms with E-state index in [2.05, 4.69) is 0 Å². The standard InChI is InChI=1S/C19H20N2O3/c22-18-17-16(13-24-18)20(11-14-7-3-1-4-8-14)19(23)21(17)12-15-9-5-2-6-10-15/h1-10,16-18,22H,11-13H2. The summed E-state index contributed by atoms with van der Waals surface area (Å²) in [7, 11) is 0. The Hall–Kier alpha value is -2.37. The molecule has 2 aromatic rings. The van der Waals surface area contributed by atoms with Crippen molar-refractivity contribution in [3.05, 3.63) is 71.8 Å². The highest BCUT2D eigenvalue weighted by atomic mass is 16.6. The Morgan fingerprint density at radius 2 is 1.46 bits per heavy atom. The summed E-state index contributed by atoms with van der Waals surface area (Å²) in [6.07, 6.45) is -0.927. The predicted octanol–water partition coefficient (Wildman–Crippen LogP) is 2.21. The van der Waals surface area contributed by atoms with Crippen LogP contribution in [0.5, 0.6) is 0 Å². The summed E-state index contributed by atoms with van der Waals surface area (Å²) in [5, 5.41) is 10.2. The molecule has 0 aromatic heterocycles. The molecule has 124 valence electrons. The number of rotatable bonds is 4. The van der Waals surface area contributed by atoms with Crippen LogP contribution in [0.15, 0.2) is 60.7 Å². The number of hydrogen-bond donors (Lipinski definition) is 1. The second-order valence-electron chi connectivity index (χ2n) is 6.29. The van der Waals surface area contributed by atoms with Crippen LogP contribution in [0.2, 0.25) is 0 Å². The maximum Gasteiger partial charge on any atom is 0.321 e. The molecular weight excluding hydrogens is 304 g/mol. The summed E-state index contributed by atoms with van der Waals surface area (Å²) in [4.78, 5) is 16.5. The Morgan fingerprint density at radius 3 is 2.04 bits per heavy atom. The summed E-state index contributed by atoms with van der Waals surface area (Å²) in [5.41, 5.74) is 2.12. The van der Waals surface area contributed by atoms with Gasteiger partial charge in [0.25, 0.3) is 0 Å². The van der Waals surface area contributed by atoms with Gasteiger partial charge >= 0.3 is 6.03 Å². The molecule has 24 heavy (non-hydrogen) atoms. The number of nitrogens with zero attached hydrogens (tertiary/aromatic N) is 2. The molecule has 2 amide bonds. The van der Waals surface area contributed by atoms with Crippen LogP contribution in [0.1, 0.15) is 11.1 Å². The van der Waals surface area contributed by atoms with Crippen LogP contribution in [-0.2, 0) is 17.8 Å². The van der Waals surface area contributed by atoms with Gasteiger partial charge in [0.15, 0.2) is 6.29 Å². The topological polar surface area (TPSA) is 53.0 Å². The summed E-state index contributed by atoms with van der Waals surface area (Å²) in [6, 6.07) is 19.3. The van der Waals surface area contributed by atoms with Crippen molar-refractivity contribution >= 4 is 6.03 Å². The van der Waals surface area contributed by atoms with Crippen LogP contribution >= 0.6 is 0 Å². The van der Waals surface area contributed by atoms with Gasteiger partial charge in [-0.15, -0.1) is 0 Å². The van der Waals surface area contributed by atoms with Crippen LogP contribution in [-0.4, -0.2) is 45.9 Å². The first-order valence-electron chi connectivity index (χ1n) is 8.19. The lowest BCUT2D eigenvalue weighted by Crippen LogP contribution is -2.41. The molecule has 1 N–H and O–H groups in total. The lowest BCUT2D eigenvalue weighted by Gasteiger charge is -2.24. The van der Waals surface area contributed by atoms with Crippen molar-refractivity contribution in [3.8, 4) is 0 Å². The first-order chi connectivity index (χ1) is 11.7. The molecule has 2 aliphatic heterocycles. The minimum atomic E-state index is -0.927.